The summed E-state index contributed by atoms with van der Waals surface area (Å²) in [6, 6.07) is 7.58. The highest BCUT2D eigenvalue weighted by molar-refractivity contribution is 9.11. The van der Waals surface area contributed by atoms with Gasteiger partial charge in [0.05, 0.1) is 15.9 Å². The zero-order valence-corrected chi connectivity index (χ0v) is 14.5. The number of hydrogen-bond donors (Lipinski definition) is 1. The summed E-state index contributed by atoms with van der Waals surface area (Å²) in [6.07, 6.45) is -4.44. The Kier molecular flexibility index (Phi) is 5.52. The largest absolute Gasteiger partial charge is 0.416 e. The molecule has 0 aliphatic rings. The van der Waals surface area contributed by atoms with Gasteiger partial charge in [0, 0.05) is 5.56 Å². The van der Waals surface area contributed by atoms with E-state index in [0.717, 1.165) is 23.5 Å². The Bertz CT molecular complexity index is 864. The highest BCUT2D eigenvalue weighted by Gasteiger charge is 2.30. The summed E-state index contributed by atoms with van der Waals surface area (Å²) in [5.74, 6) is 5.00. The third-order valence-electron chi connectivity index (χ3n) is 2.59. The number of hydrogen-bond acceptors (Lipinski definition) is 3. The van der Waals surface area contributed by atoms with Crippen LogP contribution in [0.3, 0.4) is 0 Å². The van der Waals surface area contributed by atoms with Crippen LogP contribution in [-0.2, 0) is 16.2 Å². The van der Waals surface area contributed by atoms with E-state index in [1.54, 1.807) is 6.07 Å². The first-order valence-corrected chi connectivity index (χ1v) is 9.19. The van der Waals surface area contributed by atoms with E-state index in [0.29, 0.717) is 3.79 Å². The molecule has 0 saturated carbocycles. The number of halogens is 4. The zero-order chi connectivity index (χ0) is 17.1. The molecule has 0 radical (unpaired) electrons. The van der Waals surface area contributed by atoms with Gasteiger partial charge < -0.3 is 0 Å². The fourth-order valence-corrected chi connectivity index (χ4v) is 4.54. The Hall–Kier alpha value is -1.34. The smallest absolute Gasteiger partial charge is 0.206 e. The molecular weight excluding hydrogens is 415 g/mol. The van der Waals surface area contributed by atoms with E-state index in [4.69, 9.17) is 0 Å². The summed E-state index contributed by atoms with van der Waals surface area (Å²) in [4.78, 5) is 0. The Morgan fingerprint density at radius 3 is 2.57 bits per heavy atom. The first-order chi connectivity index (χ1) is 10.7. The molecule has 3 nitrogen and oxygen atoms in total. The number of nitrogens with one attached hydrogen (secondary N) is 1. The molecule has 1 aromatic heterocycles. The highest BCUT2D eigenvalue weighted by Crippen LogP contribution is 2.29. The van der Waals surface area contributed by atoms with E-state index in [-0.39, 0.29) is 16.3 Å². The molecule has 23 heavy (non-hydrogen) atoms. The summed E-state index contributed by atoms with van der Waals surface area (Å²) < 4.78 is 64.6. The second kappa shape index (κ2) is 7.05. The summed E-state index contributed by atoms with van der Waals surface area (Å²) in [6.45, 7) is -0.200. The number of rotatable bonds is 3. The minimum absolute atomic E-state index is 0.130. The van der Waals surface area contributed by atoms with E-state index in [1.807, 2.05) is 0 Å². The fraction of sp³-hybridized carbons (Fsp3) is 0.143. The zero-order valence-electron chi connectivity index (χ0n) is 11.3. The lowest BCUT2D eigenvalue weighted by Gasteiger charge is -2.05. The highest BCUT2D eigenvalue weighted by atomic mass is 79.9. The summed E-state index contributed by atoms with van der Waals surface area (Å²) in [5, 5.41) is 0. The molecule has 0 bridgehead atoms. The molecule has 1 aromatic carbocycles. The van der Waals surface area contributed by atoms with Gasteiger partial charge in [-0.25, -0.2) is 8.42 Å². The quantitative estimate of drug-likeness (QED) is 0.761. The van der Waals surface area contributed by atoms with Crippen LogP contribution in [0.2, 0.25) is 0 Å². The van der Waals surface area contributed by atoms with Gasteiger partial charge in [-0.3, -0.25) is 0 Å². The van der Waals surface area contributed by atoms with E-state index < -0.39 is 21.8 Å². The molecule has 0 aliphatic heterocycles. The molecule has 9 heteroatoms. The van der Waals surface area contributed by atoms with Gasteiger partial charge in [-0.1, -0.05) is 17.9 Å². The summed E-state index contributed by atoms with van der Waals surface area (Å²) in [5.41, 5.74) is -0.633. The molecule has 0 amide bonds. The molecule has 1 heterocycles. The van der Waals surface area contributed by atoms with Gasteiger partial charge in [-0.15, -0.1) is 11.3 Å². The van der Waals surface area contributed by atoms with E-state index in [9.17, 15) is 21.6 Å². The van der Waals surface area contributed by atoms with Gasteiger partial charge >= 0.3 is 6.18 Å². The van der Waals surface area contributed by atoms with Crippen LogP contribution in [-0.4, -0.2) is 15.0 Å². The van der Waals surface area contributed by atoms with Crippen molar-refractivity contribution < 1.29 is 21.6 Å². The molecule has 1 N–H and O–H groups in total. The monoisotopic (exact) mass is 423 g/mol. The molecular formula is C14H9BrF3NO2S2. The number of alkyl halides is 3. The molecule has 0 atom stereocenters. The van der Waals surface area contributed by atoms with Crippen LogP contribution < -0.4 is 4.72 Å². The average molecular weight is 424 g/mol. The van der Waals surface area contributed by atoms with Crippen molar-refractivity contribution in [2.24, 2.45) is 0 Å². The molecule has 0 aliphatic carbocycles. The van der Waals surface area contributed by atoms with Crippen molar-refractivity contribution in [3.63, 3.8) is 0 Å². The number of sulfonamides is 1. The molecule has 0 saturated heterocycles. The van der Waals surface area contributed by atoms with Gasteiger partial charge in [0.15, 0.2) is 0 Å². The number of thiophene rings is 1. The lowest BCUT2D eigenvalue weighted by Crippen LogP contribution is -2.23. The van der Waals surface area contributed by atoms with E-state index in [1.165, 1.54) is 18.2 Å². The fourth-order valence-electron chi connectivity index (χ4n) is 1.56. The molecule has 0 unspecified atom stereocenters. The van der Waals surface area contributed by atoms with Crippen LogP contribution >= 0.6 is 27.3 Å². The van der Waals surface area contributed by atoms with Crippen molar-refractivity contribution in [2.45, 2.75) is 10.4 Å². The Balaban J connectivity index is 2.04. The van der Waals surface area contributed by atoms with E-state index in [2.05, 4.69) is 32.5 Å². The van der Waals surface area contributed by atoms with Gasteiger partial charge in [-0.05, 0) is 46.3 Å². The lowest BCUT2D eigenvalue weighted by atomic mass is 10.1. The third kappa shape index (κ3) is 5.07. The topological polar surface area (TPSA) is 46.2 Å². The molecule has 0 fully saturated rings. The van der Waals surface area contributed by atoms with Gasteiger partial charge in [0.2, 0.25) is 0 Å². The van der Waals surface area contributed by atoms with Crippen molar-refractivity contribution in [1.82, 2.24) is 4.72 Å². The minimum Gasteiger partial charge on any atom is -0.206 e. The lowest BCUT2D eigenvalue weighted by molar-refractivity contribution is -0.137. The van der Waals surface area contributed by atoms with Crippen molar-refractivity contribution in [3.05, 3.63) is 51.3 Å². The normalized spacial score (nSPS) is 11.8. The second-order valence-corrected chi connectivity index (χ2v) is 8.72. The van der Waals surface area contributed by atoms with Crippen LogP contribution in [0.15, 0.2) is 44.4 Å². The van der Waals surface area contributed by atoms with E-state index >= 15 is 0 Å². The Morgan fingerprint density at radius 2 is 1.96 bits per heavy atom. The van der Waals surface area contributed by atoms with Crippen LogP contribution in [0.25, 0.3) is 0 Å². The van der Waals surface area contributed by atoms with Crippen molar-refractivity contribution in [3.8, 4) is 11.8 Å². The SMILES string of the molecule is O=S(=O)(NCC#Cc1cccc(C(F)(F)F)c1)c1ccc(Br)s1. The minimum atomic E-state index is -4.44. The predicted molar refractivity (Wildman–Crippen MR) is 85.5 cm³/mol. The van der Waals surface area contributed by atoms with Crippen LogP contribution in [0.1, 0.15) is 11.1 Å². The second-order valence-electron chi connectivity index (χ2n) is 4.26. The summed E-state index contributed by atoms with van der Waals surface area (Å²) in [7, 11) is -3.67. The van der Waals surface area contributed by atoms with Gasteiger partial charge in [-0.2, -0.15) is 17.9 Å². The molecule has 2 rings (SSSR count). The first kappa shape index (κ1) is 18.0. The Morgan fingerprint density at radius 1 is 1.22 bits per heavy atom. The molecule has 0 spiro atoms. The van der Waals surface area contributed by atoms with Crippen LogP contribution in [0.4, 0.5) is 13.2 Å². The third-order valence-corrected chi connectivity index (χ3v) is 6.10. The predicted octanol–water partition coefficient (Wildman–Crippen LogP) is 3.86. The molecule has 122 valence electrons. The number of benzene rings is 1. The van der Waals surface area contributed by atoms with Gasteiger partial charge in [0.1, 0.15) is 4.21 Å². The molecule has 2 aromatic rings. The Labute approximate surface area is 143 Å². The summed E-state index contributed by atoms with van der Waals surface area (Å²) >= 11 is 4.21. The maximum Gasteiger partial charge on any atom is 0.416 e. The van der Waals surface area contributed by atoms with Crippen LogP contribution in [0.5, 0.6) is 0 Å². The van der Waals surface area contributed by atoms with Crippen molar-refractivity contribution in [1.29, 1.82) is 0 Å². The van der Waals surface area contributed by atoms with Crippen molar-refractivity contribution >= 4 is 37.3 Å². The maximum absolute atomic E-state index is 12.6. The van der Waals surface area contributed by atoms with Crippen molar-refractivity contribution in [2.75, 3.05) is 6.54 Å². The van der Waals surface area contributed by atoms with Crippen LogP contribution in [0, 0.1) is 11.8 Å². The maximum atomic E-state index is 12.6. The first-order valence-electron chi connectivity index (χ1n) is 6.09. The van der Waals surface area contributed by atoms with Gasteiger partial charge in [0.25, 0.3) is 10.0 Å². The average Bonchev–Trinajstić information content (AvgIpc) is 2.91. The standard InChI is InChI=1S/C14H9BrF3NO2S2/c15-12-6-7-13(22-12)23(20,21)19-8-2-4-10-3-1-5-11(9-10)14(16,17)18/h1,3,5-7,9,19H,8H2.